The van der Waals surface area contributed by atoms with Gasteiger partial charge in [-0.15, -0.1) is 0 Å². The Balaban J connectivity index is 2.51. The van der Waals surface area contributed by atoms with E-state index in [0.717, 1.165) is 18.7 Å². The maximum absolute atomic E-state index is 11.6. The van der Waals surface area contributed by atoms with Crippen molar-refractivity contribution in [1.29, 1.82) is 0 Å². The summed E-state index contributed by atoms with van der Waals surface area (Å²) in [6, 6.07) is 0. The second-order valence-electron chi connectivity index (χ2n) is 5.56. The van der Waals surface area contributed by atoms with Crippen LogP contribution in [0.2, 0.25) is 0 Å². The summed E-state index contributed by atoms with van der Waals surface area (Å²) in [4.78, 5) is 23.5. The number of nitrogens with one attached hydrogen (secondary N) is 1. The topological polar surface area (TPSA) is 61.4 Å². The monoisotopic (exact) mass is 279 g/mol. The van der Waals surface area contributed by atoms with Crippen LogP contribution in [0.1, 0.15) is 19.4 Å². The maximum atomic E-state index is 11.6. The molecule has 0 atom stereocenters. The molecule has 112 valence electrons. The van der Waals surface area contributed by atoms with E-state index >= 15 is 0 Å². The summed E-state index contributed by atoms with van der Waals surface area (Å²) in [5, 5.41) is 3.34. The minimum absolute atomic E-state index is 0.0266. The van der Waals surface area contributed by atoms with Crippen LogP contribution in [0.25, 0.3) is 0 Å². The molecule has 0 unspecified atom stereocenters. The van der Waals surface area contributed by atoms with Gasteiger partial charge in [0.25, 0.3) is 0 Å². The standard InChI is InChI=1S/C14H25N5O/c1-11(2)6-15-7-12-8-16-14(17-9-12)19(5)10-13(20)18(3)4/h8-9,11,15H,6-7,10H2,1-5H3. The summed E-state index contributed by atoms with van der Waals surface area (Å²) >= 11 is 0. The van der Waals surface area contributed by atoms with Gasteiger partial charge in [0.1, 0.15) is 0 Å². The second-order valence-corrected chi connectivity index (χ2v) is 5.56. The van der Waals surface area contributed by atoms with E-state index < -0.39 is 0 Å². The van der Waals surface area contributed by atoms with Crippen molar-refractivity contribution in [1.82, 2.24) is 20.2 Å². The zero-order valence-electron chi connectivity index (χ0n) is 13.1. The molecule has 1 aromatic rings. The predicted molar refractivity (Wildman–Crippen MR) is 80.5 cm³/mol. The second kappa shape index (κ2) is 7.79. The molecule has 0 aromatic carbocycles. The molecule has 6 nitrogen and oxygen atoms in total. The Kier molecular flexibility index (Phi) is 6.38. The van der Waals surface area contributed by atoms with Gasteiger partial charge in [0, 0.05) is 45.6 Å². The van der Waals surface area contributed by atoms with Gasteiger partial charge in [0.2, 0.25) is 11.9 Å². The Morgan fingerprint density at radius 3 is 2.35 bits per heavy atom. The quantitative estimate of drug-likeness (QED) is 0.798. The van der Waals surface area contributed by atoms with E-state index in [4.69, 9.17) is 0 Å². The fourth-order valence-corrected chi connectivity index (χ4v) is 1.56. The average molecular weight is 279 g/mol. The van der Waals surface area contributed by atoms with E-state index in [1.807, 2.05) is 7.05 Å². The van der Waals surface area contributed by atoms with Crippen molar-refractivity contribution >= 4 is 11.9 Å². The minimum atomic E-state index is 0.0266. The maximum Gasteiger partial charge on any atom is 0.241 e. The summed E-state index contributed by atoms with van der Waals surface area (Å²) in [5.41, 5.74) is 1.04. The third-order valence-electron chi connectivity index (χ3n) is 2.79. The number of aromatic nitrogens is 2. The lowest BCUT2D eigenvalue weighted by molar-refractivity contribution is -0.127. The molecular weight excluding hydrogens is 254 g/mol. The largest absolute Gasteiger partial charge is 0.347 e. The van der Waals surface area contributed by atoms with E-state index in [2.05, 4.69) is 29.1 Å². The van der Waals surface area contributed by atoms with Crippen LogP contribution in [-0.4, -0.2) is 55.0 Å². The van der Waals surface area contributed by atoms with Crippen LogP contribution in [0.5, 0.6) is 0 Å². The first-order chi connectivity index (χ1) is 9.40. The molecule has 20 heavy (non-hydrogen) atoms. The molecule has 0 aliphatic carbocycles. The van der Waals surface area contributed by atoms with Crippen molar-refractivity contribution in [3.05, 3.63) is 18.0 Å². The summed E-state index contributed by atoms with van der Waals surface area (Å²) in [6.45, 7) is 6.35. The first kappa shape index (κ1) is 16.4. The number of amides is 1. The Morgan fingerprint density at radius 2 is 1.85 bits per heavy atom. The molecule has 0 saturated carbocycles. The smallest absolute Gasteiger partial charge is 0.241 e. The highest BCUT2D eigenvalue weighted by Crippen LogP contribution is 2.05. The molecule has 1 heterocycles. The van der Waals surface area contributed by atoms with Crippen molar-refractivity contribution in [2.24, 2.45) is 5.92 Å². The average Bonchev–Trinajstić information content (AvgIpc) is 2.38. The van der Waals surface area contributed by atoms with E-state index in [-0.39, 0.29) is 12.5 Å². The molecule has 0 spiro atoms. The number of hydrogen-bond acceptors (Lipinski definition) is 5. The number of hydrogen-bond donors (Lipinski definition) is 1. The van der Waals surface area contributed by atoms with Crippen molar-refractivity contribution < 1.29 is 4.79 Å². The lowest BCUT2D eigenvalue weighted by Gasteiger charge is -2.19. The molecule has 1 rings (SSSR count). The van der Waals surface area contributed by atoms with Gasteiger partial charge in [0.05, 0.1) is 6.54 Å². The molecule has 1 N–H and O–H groups in total. The summed E-state index contributed by atoms with van der Waals surface area (Å²) in [7, 11) is 5.29. The van der Waals surface area contributed by atoms with Crippen molar-refractivity contribution in [2.75, 3.05) is 39.1 Å². The number of rotatable bonds is 7. The van der Waals surface area contributed by atoms with Gasteiger partial charge in [-0.05, 0) is 12.5 Å². The molecule has 1 aromatic heterocycles. The molecule has 0 aliphatic heterocycles. The fraction of sp³-hybridized carbons (Fsp3) is 0.643. The normalized spacial score (nSPS) is 10.7. The van der Waals surface area contributed by atoms with E-state index in [9.17, 15) is 4.79 Å². The minimum Gasteiger partial charge on any atom is -0.347 e. The van der Waals surface area contributed by atoms with Crippen LogP contribution in [0.3, 0.4) is 0 Å². The SMILES string of the molecule is CC(C)CNCc1cnc(N(C)CC(=O)N(C)C)nc1. The molecular formula is C14H25N5O. The number of nitrogens with zero attached hydrogens (tertiary/aromatic N) is 4. The highest BCUT2D eigenvalue weighted by atomic mass is 16.2. The fourth-order valence-electron chi connectivity index (χ4n) is 1.56. The Bertz CT molecular complexity index is 416. The van der Waals surface area contributed by atoms with Crippen LogP contribution in [-0.2, 0) is 11.3 Å². The predicted octanol–water partition coefficient (Wildman–Crippen LogP) is 0.747. The molecule has 0 fully saturated rings. The van der Waals surface area contributed by atoms with Crippen molar-refractivity contribution in [2.45, 2.75) is 20.4 Å². The van der Waals surface area contributed by atoms with Gasteiger partial charge in [-0.1, -0.05) is 13.8 Å². The van der Waals surface area contributed by atoms with Gasteiger partial charge < -0.3 is 15.1 Å². The first-order valence-corrected chi connectivity index (χ1v) is 6.83. The Labute approximate surface area is 121 Å². The van der Waals surface area contributed by atoms with Crippen LogP contribution < -0.4 is 10.2 Å². The van der Waals surface area contributed by atoms with Gasteiger partial charge in [-0.2, -0.15) is 0 Å². The Hall–Kier alpha value is -1.69. The summed E-state index contributed by atoms with van der Waals surface area (Å²) < 4.78 is 0. The first-order valence-electron chi connectivity index (χ1n) is 6.83. The third-order valence-corrected chi connectivity index (χ3v) is 2.79. The molecule has 0 radical (unpaired) electrons. The third kappa shape index (κ3) is 5.52. The summed E-state index contributed by atoms with van der Waals surface area (Å²) in [6.07, 6.45) is 3.60. The van der Waals surface area contributed by atoms with Gasteiger partial charge in [0.15, 0.2) is 0 Å². The molecule has 0 aliphatic rings. The van der Waals surface area contributed by atoms with E-state index in [1.165, 1.54) is 0 Å². The van der Waals surface area contributed by atoms with Crippen molar-refractivity contribution in [3.8, 4) is 0 Å². The Morgan fingerprint density at radius 1 is 1.25 bits per heavy atom. The van der Waals surface area contributed by atoms with Gasteiger partial charge >= 0.3 is 0 Å². The highest BCUT2D eigenvalue weighted by Gasteiger charge is 2.11. The number of carbonyl (C=O) groups excluding carboxylic acids is 1. The van der Waals surface area contributed by atoms with Crippen LogP contribution in [0.4, 0.5) is 5.95 Å². The van der Waals surface area contributed by atoms with Crippen LogP contribution >= 0.6 is 0 Å². The van der Waals surface area contributed by atoms with E-state index in [1.54, 1.807) is 36.3 Å². The van der Waals surface area contributed by atoms with E-state index in [0.29, 0.717) is 11.9 Å². The molecule has 0 saturated heterocycles. The zero-order chi connectivity index (χ0) is 15.1. The number of likely N-dealkylation sites (N-methyl/N-ethyl adjacent to an activating group) is 2. The van der Waals surface area contributed by atoms with Crippen LogP contribution in [0.15, 0.2) is 12.4 Å². The zero-order valence-corrected chi connectivity index (χ0v) is 13.1. The lowest BCUT2D eigenvalue weighted by atomic mass is 10.2. The van der Waals surface area contributed by atoms with Crippen molar-refractivity contribution in [3.63, 3.8) is 0 Å². The molecule has 0 bridgehead atoms. The van der Waals surface area contributed by atoms with Gasteiger partial charge in [-0.25, -0.2) is 9.97 Å². The van der Waals surface area contributed by atoms with Gasteiger partial charge in [-0.3, -0.25) is 4.79 Å². The molecule has 1 amide bonds. The van der Waals surface area contributed by atoms with Crippen LogP contribution in [0, 0.1) is 5.92 Å². The number of anilines is 1. The molecule has 6 heteroatoms. The number of carbonyl (C=O) groups is 1. The summed E-state index contributed by atoms with van der Waals surface area (Å²) in [5.74, 6) is 1.21. The lowest BCUT2D eigenvalue weighted by Crippen LogP contribution is -2.35. The highest BCUT2D eigenvalue weighted by molar-refractivity contribution is 5.80.